The number of aromatic nitrogens is 1. The van der Waals surface area contributed by atoms with Gasteiger partial charge in [-0.15, -0.1) is 13.2 Å². The van der Waals surface area contributed by atoms with Crippen molar-refractivity contribution in [1.82, 2.24) is 10.1 Å². The summed E-state index contributed by atoms with van der Waals surface area (Å²) in [6.07, 6.45) is 3.20. The SMILES string of the molecule is C=CCN(CC=C)C(=O)COC(=O)c1ccc(OCc2c(C)noc2C)cc1. The second kappa shape index (κ2) is 10.1. The number of esters is 1. The summed E-state index contributed by atoms with van der Waals surface area (Å²) in [5.74, 6) is 0.412. The van der Waals surface area contributed by atoms with Gasteiger partial charge in [-0.25, -0.2) is 4.79 Å². The first-order valence-corrected chi connectivity index (χ1v) is 8.77. The van der Waals surface area contributed by atoms with Gasteiger partial charge in [0.1, 0.15) is 18.1 Å². The minimum atomic E-state index is -0.581. The number of rotatable bonds is 10. The van der Waals surface area contributed by atoms with Crippen molar-refractivity contribution in [3.05, 3.63) is 72.2 Å². The van der Waals surface area contributed by atoms with E-state index >= 15 is 0 Å². The number of carbonyl (C=O) groups excluding carboxylic acids is 2. The minimum Gasteiger partial charge on any atom is -0.489 e. The van der Waals surface area contributed by atoms with Gasteiger partial charge < -0.3 is 18.9 Å². The van der Waals surface area contributed by atoms with Gasteiger partial charge in [0.2, 0.25) is 0 Å². The van der Waals surface area contributed by atoms with Crippen LogP contribution in [0.4, 0.5) is 0 Å². The van der Waals surface area contributed by atoms with Crippen LogP contribution >= 0.6 is 0 Å². The monoisotopic (exact) mass is 384 g/mol. The van der Waals surface area contributed by atoms with Crippen LogP contribution in [-0.4, -0.2) is 41.6 Å². The molecule has 0 aliphatic rings. The molecule has 148 valence electrons. The molecule has 28 heavy (non-hydrogen) atoms. The highest BCUT2D eigenvalue weighted by molar-refractivity contribution is 5.91. The second-order valence-electron chi connectivity index (χ2n) is 6.07. The highest BCUT2D eigenvalue weighted by atomic mass is 16.5. The molecule has 0 saturated heterocycles. The molecule has 0 atom stereocenters. The molecule has 0 spiro atoms. The molecular formula is C21H24N2O5. The number of benzene rings is 1. The largest absolute Gasteiger partial charge is 0.489 e. The summed E-state index contributed by atoms with van der Waals surface area (Å²) in [6, 6.07) is 6.50. The standard InChI is InChI=1S/C21H24N2O5/c1-5-11-23(12-6-2)20(24)14-27-21(25)17-7-9-18(10-8-17)26-13-19-15(3)22-28-16(19)4/h5-10H,1-2,11-14H2,3-4H3. The fourth-order valence-corrected chi connectivity index (χ4v) is 2.44. The Balaban J connectivity index is 1.88. The van der Waals surface area contributed by atoms with Crippen LogP contribution in [0.5, 0.6) is 5.75 Å². The maximum atomic E-state index is 12.1. The lowest BCUT2D eigenvalue weighted by Gasteiger charge is -2.18. The fourth-order valence-electron chi connectivity index (χ4n) is 2.44. The summed E-state index contributed by atoms with van der Waals surface area (Å²) >= 11 is 0. The molecule has 1 aromatic heterocycles. The minimum absolute atomic E-state index is 0.312. The third-order valence-electron chi connectivity index (χ3n) is 4.03. The van der Waals surface area contributed by atoms with E-state index in [0.29, 0.717) is 36.8 Å². The summed E-state index contributed by atoms with van der Waals surface area (Å²) in [5, 5.41) is 3.88. The first kappa shape index (κ1) is 21.0. The average molecular weight is 384 g/mol. The van der Waals surface area contributed by atoms with E-state index in [1.807, 2.05) is 13.8 Å². The van der Waals surface area contributed by atoms with Crippen molar-refractivity contribution in [3.8, 4) is 5.75 Å². The molecule has 2 rings (SSSR count). The Bertz CT molecular complexity index is 809. The summed E-state index contributed by atoms with van der Waals surface area (Å²) in [5.41, 5.74) is 2.01. The van der Waals surface area contributed by atoms with Gasteiger partial charge in [0.25, 0.3) is 5.91 Å². The maximum absolute atomic E-state index is 12.1. The molecule has 0 bridgehead atoms. The van der Waals surface area contributed by atoms with Gasteiger partial charge in [0.05, 0.1) is 16.8 Å². The number of aryl methyl sites for hydroxylation is 2. The molecule has 0 radical (unpaired) electrons. The maximum Gasteiger partial charge on any atom is 0.338 e. The molecular weight excluding hydrogens is 360 g/mol. The Morgan fingerprint density at radius 2 is 1.79 bits per heavy atom. The molecule has 0 fully saturated rings. The lowest BCUT2D eigenvalue weighted by Crippen LogP contribution is -2.35. The van der Waals surface area contributed by atoms with Gasteiger partial charge in [-0.05, 0) is 38.1 Å². The Hall–Kier alpha value is -3.35. The van der Waals surface area contributed by atoms with E-state index in [-0.39, 0.29) is 12.5 Å². The van der Waals surface area contributed by atoms with Gasteiger partial charge >= 0.3 is 5.97 Å². The lowest BCUT2D eigenvalue weighted by atomic mass is 10.2. The van der Waals surface area contributed by atoms with Crippen molar-refractivity contribution >= 4 is 11.9 Å². The van der Waals surface area contributed by atoms with E-state index in [2.05, 4.69) is 18.3 Å². The first-order valence-electron chi connectivity index (χ1n) is 8.77. The molecule has 1 aromatic carbocycles. The number of hydrogen-bond acceptors (Lipinski definition) is 6. The highest BCUT2D eigenvalue weighted by Gasteiger charge is 2.15. The van der Waals surface area contributed by atoms with Crippen LogP contribution in [0.25, 0.3) is 0 Å². The number of hydrogen-bond donors (Lipinski definition) is 0. The van der Waals surface area contributed by atoms with Crippen LogP contribution in [-0.2, 0) is 16.1 Å². The molecule has 2 aromatic rings. The second-order valence-corrected chi connectivity index (χ2v) is 6.07. The van der Waals surface area contributed by atoms with E-state index in [1.165, 1.54) is 4.90 Å². The van der Waals surface area contributed by atoms with E-state index < -0.39 is 5.97 Å². The summed E-state index contributed by atoms with van der Waals surface area (Å²) in [6.45, 7) is 11.6. The zero-order valence-corrected chi connectivity index (χ0v) is 16.1. The van der Waals surface area contributed by atoms with E-state index in [4.69, 9.17) is 14.0 Å². The van der Waals surface area contributed by atoms with Crippen LogP contribution in [0.1, 0.15) is 27.4 Å². The van der Waals surface area contributed by atoms with Crippen molar-refractivity contribution < 1.29 is 23.6 Å². The predicted molar refractivity (Wildman–Crippen MR) is 104 cm³/mol. The molecule has 7 heteroatoms. The fraction of sp³-hybridized carbons (Fsp3) is 0.286. The molecule has 0 aliphatic heterocycles. The number of ether oxygens (including phenoxy) is 2. The topological polar surface area (TPSA) is 81.9 Å². The summed E-state index contributed by atoms with van der Waals surface area (Å²) < 4.78 is 15.9. The molecule has 1 heterocycles. The lowest BCUT2D eigenvalue weighted by molar-refractivity contribution is -0.133. The van der Waals surface area contributed by atoms with Crippen molar-refractivity contribution in [1.29, 1.82) is 0 Å². The van der Waals surface area contributed by atoms with E-state index in [9.17, 15) is 9.59 Å². The Morgan fingerprint density at radius 3 is 2.32 bits per heavy atom. The normalized spacial score (nSPS) is 10.2. The van der Waals surface area contributed by atoms with Crippen molar-refractivity contribution in [2.45, 2.75) is 20.5 Å². The van der Waals surface area contributed by atoms with Crippen molar-refractivity contribution in [3.63, 3.8) is 0 Å². The van der Waals surface area contributed by atoms with Gasteiger partial charge in [0, 0.05) is 13.1 Å². The smallest absolute Gasteiger partial charge is 0.338 e. The Kier molecular flexibility index (Phi) is 7.56. The van der Waals surface area contributed by atoms with Crippen LogP contribution in [0, 0.1) is 13.8 Å². The third kappa shape index (κ3) is 5.57. The summed E-state index contributed by atoms with van der Waals surface area (Å²) in [7, 11) is 0. The first-order chi connectivity index (χ1) is 13.5. The van der Waals surface area contributed by atoms with E-state index in [0.717, 1.165) is 11.3 Å². The zero-order valence-electron chi connectivity index (χ0n) is 16.1. The number of amides is 1. The third-order valence-corrected chi connectivity index (χ3v) is 4.03. The van der Waals surface area contributed by atoms with Gasteiger partial charge in [-0.2, -0.15) is 0 Å². The molecule has 7 nitrogen and oxygen atoms in total. The summed E-state index contributed by atoms with van der Waals surface area (Å²) in [4.78, 5) is 25.7. The van der Waals surface area contributed by atoms with Crippen LogP contribution in [0.2, 0.25) is 0 Å². The molecule has 0 aliphatic carbocycles. The molecule has 0 unspecified atom stereocenters. The van der Waals surface area contributed by atoms with Crippen LogP contribution in [0.3, 0.4) is 0 Å². The zero-order chi connectivity index (χ0) is 20.5. The Morgan fingerprint density at radius 1 is 1.14 bits per heavy atom. The van der Waals surface area contributed by atoms with Gasteiger partial charge in [0.15, 0.2) is 6.61 Å². The van der Waals surface area contributed by atoms with E-state index in [1.54, 1.807) is 36.4 Å². The number of nitrogens with zero attached hydrogens (tertiary/aromatic N) is 2. The quantitative estimate of drug-likeness (QED) is 0.462. The van der Waals surface area contributed by atoms with Crippen molar-refractivity contribution in [2.24, 2.45) is 0 Å². The predicted octanol–water partition coefficient (Wildman–Crippen LogP) is 3.23. The van der Waals surface area contributed by atoms with Crippen LogP contribution in [0.15, 0.2) is 54.1 Å². The van der Waals surface area contributed by atoms with Gasteiger partial charge in [-0.3, -0.25) is 4.79 Å². The highest BCUT2D eigenvalue weighted by Crippen LogP contribution is 2.18. The molecule has 0 N–H and O–H groups in total. The molecule has 1 amide bonds. The number of carbonyl (C=O) groups is 2. The van der Waals surface area contributed by atoms with Crippen molar-refractivity contribution in [2.75, 3.05) is 19.7 Å². The Labute approximate surface area is 164 Å². The molecule has 0 saturated carbocycles. The van der Waals surface area contributed by atoms with Gasteiger partial charge in [-0.1, -0.05) is 17.3 Å². The average Bonchev–Trinajstić information content (AvgIpc) is 3.02. The van der Waals surface area contributed by atoms with Crippen LogP contribution < -0.4 is 4.74 Å².